The summed E-state index contributed by atoms with van der Waals surface area (Å²) in [6.07, 6.45) is 8.73. The van der Waals surface area contributed by atoms with Gasteiger partial charge in [-0.2, -0.15) is 9.40 Å². The monoisotopic (exact) mass is 609 g/mol. The van der Waals surface area contributed by atoms with Crippen LogP contribution in [0.4, 0.5) is 4.39 Å². The molecule has 2 heterocycles. The molecule has 44 heavy (non-hydrogen) atoms. The summed E-state index contributed by atoms with van der Waals surface area (Å²) in [5, 5.41) is 4.69. The molecule has 7 heteroatoms. The fraction of sp³-hybridized carbons (Fsp3) is 0.378. The van der Waals surface area contributed by atoms with E-state index in [9.17, 15) is 12.8 Å². The number of allylic oxidation sites excluding steroid dienone is 1. The van der Waals surface area contributed by atoms with Crippen molar-refractivity contribution in [3.63, 3.8) is 0 Å². The molecule has 0 amide bonds. The first-order valence-electron chi connectivity index (χ1n) is 15.7. The Morgan fingerprint density at radius 3 is 2.39 bits per heavy atom. The number of nitrogens with zero attached hydrogens (tertiary/aromatic N) is 3. The predicted molar refractivity (Wildman–Crippen MR) is 173 cm³/mol. The number of fused-ring (bicyclic) bond motifs is 3. The summed E-state index contributed by atoms with van der Waals surface area (Å²) >= 11 is 0. The third-order valence-electron chi connectivity index (χ3n) is 10.2. The van der Waals surface area contributed by atoms with Gasteiger partial charge < -0.3 is 0 Å². The summed E-state index contributed by atoms with van der Waals surface area (Å²) < 4.78 is 45.5. The molecule has 1 aliphatic heterocycles. The quantitative estimate of drug-likeness (QED) is 0.234. The lowest BCUT2D eigenvalue weighted by atomic mass is 9.55. The average Bonchev–Trinajstić information content (AvgIpc) is 3.41. The molecule has 3 atom stereocenters. The number of benzene rings is 3. The fourth-order valence-electron chi connectivity index (χ4n) is 7.86. The largest absolute Gasteiger partial charge is 0.243 e. The number of hydrogen-bond acceptors (Lipinski definition) is 3. The van der Waals surface area contributed by atoms with Gasteiger partial charge in [0.15, 0.2) is 0 Å². The van der Waals surface area contributed by atoms with Crippen molar-refractivity contribution in [3.05, 3.63) is 119 Å². The topological polar surface area (TPSA) is 55.2 Å². The second kappa shape index (κ2) is 10.8. The number of piperidine rings is 1. The van der Waals surface area contributed by atoms with E-state index in [-0.39, 0.29) is 16.6 Å². The Kier molecular flexibility index (Phi) is 7.17. The van der Waals surface area contributed by atoms with Crippen LogP contribution in [0.25, 0.3) is 11.8 Å². The molecule has 0 spiro atoms. The van der Waals surface area contributed by atoms with Crippen LogP contribution in [0.5, 0.6) is 0 Å². The highest BCUT2D eigenvalue weighted by atomic mass is 32.2. The smallest absolute Gasteiger partial charge is 0.233 e. The van der Waals surface area contributed by atoms with Crippen molar-refractivity contribution in [2.45, 2.75) is 63.2 Å². The molecule has 5 nitrogen and oxygen atoms in total. The molecule has 3 aliphatic rings. The Morgan fingerprint density at radius 1 is 0.955 bits per heavy atom. The van der Waals surface area contributed by atoms with Crippen molar-refractivity contribution in [1.29, 1.82) is 0 Å². The van der Waals surface area contributed by atoms with Gasteiger partial charge in [0.2, 0.25) is 10.0 Å². The van der Waals surface area contributed by atoms with Crippen molar-refractivity contribution in [3.8, 4) is 5.69 Å². The van der Waals surface area contributed by atoms with Gasteiger partial charge in [0.05, 0.1) is 22.5 Å². The highest BCUT2D eigenvalue weighted by Crippen LogP contribution is 2.55. The summed E-state index contributed by atoms with van der Waals surface area (Å²) in [6.45, 7) is 7.48. The van der Waals surface area contributed by atoms with Gasteiger partial charge in [-0.05, 0) is 114 Å². The first kappa shape index (κ1) is 29.2. The van der Waals surface area contributed by atoms with Crippen LogP contribution in [-0.4, -0.2) is 35.6 Å². The van der Waals surface area contributed by atoms with Crippen LogP contribution in [0, 0.1) is 23.1 Å². The lowest BCUT2D eigenvalue weighted by molar-refractivity contribution is 0.0232. The molecule has 0 radical (unpaired) electrons. The predicted octanol–water partition coefficient (Wildman–Crippen LogP) is 7.60. The third kappa shape index (κ3) is 5.24. The summed E-state index contributed by atoms with van der Waals surface area (Å²) in [4.78, 5) is 0.380. The van der Waals surface area contributed by atoms with Crippen LogP contribution in [-0.2, 0) is 28.3 Å². The summed E-state index contributed by atoms with van der Waals surface area (Å²) in [6, 6.07) is 24.6. The summed E-state index contributed by atoms with van der Waals surface area (Å²) in [5.74, 6) is 0.455. The van der Waals surface area contributed by atoms with Gasteiger partial charge in [-0.25, -0.2) is 17.5 Å². The molecule has 0 bridgehead atoms. The van der Waals surface area contributed by atoms with E-state index in [4.69, 9.17) is 5.10 Å². The Hall–Kier alpha value is -3.55. The van der Waals surface area contributed by atoms with Crippen molar-refractivity contribution < 1.29 is 12.8 Å². The van der Waals surface area contributed by atoms with Crippen LogP contribution in [0.3, 0.4) is 0 Å². The van der Waals surface area contributed by atoms with Crippen LogP contribution in [0.1, 0.15) is 62.4 Å². The molecule has 0 N–H and O–H groups in total. The normalized spacial score (nSPS) is 23.8. The van der Waals surface area contributed by atoms with E-state index in [1.807, 2.05) is 29.1 Å². The van der Waals surface area contributed by atoms with Crippen molar-refractivity contribution in [2.75, 3.05) is 13.1 Å². The van der Waals surface area contributed by atoms with E-state index < -0.39 is 10.0 Å². The molecule has 7 rings (SSSR count). The number of rotatable bonds is 5. The minimum absolute atomic E-state index is 0.0386. The molecule has 2 unspecified atom stereocenters. The zero-order chi connectivity index (χ0) is 30.7. The highest BCUT2D eigenvalue weighted by Gasteiger charge is 2.51. The standard InChI is InChI=1S/C37H40FN3O2S/c1-36(2,3)30-9-15-34(16-10-30)44(42,43)40-18-17-31-20-27-21-35-29(24-39-41(35)33-13-11-32(38)12-14-33)19-28(27)23-37(31,25-40)22-26-7-5-4-6-8-26/h4-16,21,24,28,31H,17-20,22-23,25H2,1-3H3/t28?,31?,37-/m1/s1. The van der Waals surface area contributed by atoms with Gasteiger partial charge in [-0.3, -0.25) is 0 Å². The zero-order valence-electron chi connectivity index (χ0n) is 25.7. The average molecular weight is 610 g/mol. The maximum absolute atomic E-state index is 14.1. The van der Waals surface area contributed by atoms with Crippen molar-refractivity contribution in [1.82, 2.24) is 14.1 Å². The first-order valence-corrected chi connectivity index (χ1v) is 17.1. The number of aromatic nitrogens is 2. The highest BCUT2D eigenvalue weighted by molar-refractivity contribution is 7.89. The molecule has 1 saturated heterocycles. The van der Waals surface area contributed by atoms with E-state index in [2.05, 4.69) is 51.1 Å². The van der Waals surface area contributed by atoms with Gasteiger partial charge >= 0.3 is 0 Å². The van der Waals surface area contributed by atoms with E-state index in [1.165, 1.54) is 28.8 Å². The van der Waals surface area contributed by atoms with E-state index in [0.29, 0.717) is 29.8 Å². The third-order valence-corrected chi connectivity index (χ3v) is 12.1. The SMILES string of the molecule is CC(C)(C)c1ccc(S(=O)(=O)N2CCC3CC4=Cc5c(cnn5-c5ccc(F)cc5)CC4C[C@]3(Cc3ccccc3)C2)cc1. The van der Waals surface area contributed by atoms with Gasteiger partial charge in [0.25, 0.3) is 0 Å². The zero-order valence-corrected chi connectivity index (χ0v) is 26.5. The van der Waals surface area contributed by atoms with Gasteiger partial charge in [-0.15, -0.1) is 0 Å². The Bertz CT molecular complexity index is 1810. The second-order valence-corrected chi connectivity index (χ2v) is 16.0. The van der Waals surface area contributed by atoms with Crippen molar-refractivity contribution in [2.24, 2.45) is 17.3 Å². The minimum Gasteiger partial charge on any atom is -0.233 e. The molecule has 3 aromatic carbocycles. The molecule has 2 aliphatic carbocycles. The number of hydrogen-bond donors (Lipinski definition) is 0. The van der Waals surface area contributed by atoms with Crippen LogP contribution >= 0.6 is 0 Å². The summed E-state index contributed by atoms with van der Waals surface area (Å²) in [7, 11) is -3.63. The first-order chi connectivity index (χ1) is 21.0. The maximum atomic E-state index is 14.1. The van der Waals surface area contributed by atoms with Crippen molar-refractivity contribution >= 4 is 16.1 Å². The second-order valence-electron chi connectivity index (χ2n) is 14.1. The number of halogens is 1. The van der Waals surface area contributed by atoms with E-state index in [0.717, 1.165) is 49.0 Å². The number of sulfonamides is 1. The lowest BCUT2D eigenvalue weighted by Gasteiger charge is -2.54. The van der Waals surface area contributed by atoms with Crippen LogP contribution in [0.2, 0.25) is 0 Å². The van der Waals surface area contributed by atoms with Gasteiger partial charge in [0.1, 0.15) is 5.82 Å². The van der Waals surface area contributed by atoms with E-state index >= 15 is 0 Å². The fourth-order valence-corrected chi connectivity index (χ4v) is 9.41. The van der Waals surface area contributed by atoms with Crippen LogP contribution < -0.4 is 0 Å². The Morgan fingerprint density at radius 2 is 1.68 bits per heavy atom. The Balaban J connectivity index is 1.21. The molecular formula is C37H40FN3O2S. The van der Waals surface area contributed by atoms with Gasteiger partial charge in [0, 0.05) is 13.1 Å². The maximum Gasteiger partial charge on any atom is 0.243 e. The molecular weight excluding hydrogens is 569 g/mol. The minimum atomic E-state index is -3.63. The lowest BCUT2D eigenvalue weighted by Crippen LogP contribution is -2.54. The molecule has 2 fully saturated rings. The molecule has 1 saturated carbocycles. The van der Waals surface area contributed by atoms with Crippen LogP contribution in [0.15, 0.2) is 95.5 Å². The molecule has 4 aromatic rings. The van der Waals surface area contributed by atoms with E-state index in [1.54, 1.807) is 28.6 Å². The van der Waals surface area contributed by atoms with Gasteiger partial charge in [-0.1, -0.05) is 68.8 Å². The molecule has 228 valence electrons. The summed E-state index contributed by atoms with van der Waals surface area (Å²) in [5.41, 5.74) is 6.75. The molecule has 1 aromatic heterocycles. The Labute approximate surface area is 260 Å².